The van der Waals surface area contributed by atoms with E-state index >= 15 is 0 Å². The van der Waals surface area contributed by atoms with Gasteiger partial charge in [-0.3, -0.25) is 0 Å². The van der Waals surface area contributed by atoms with Gasteiger partial charge in [-0.05, 0) is 13.8 Å². The van der Waals surface area contributed by atoms with Crippen molar-refractivity contribution in [1.29, 1.82) is 0 Å². The molecule has 0 aromatic carbocycles. The zero-order chi connectivity index (χ0) is 10.4. The summed E-state index contributed by atoms with van der Waals surface area (Å²) in [5.74, 6) is -0.0683. The number of hydrogen-bond acceptors (Lipinski definition) is 5. The summed E-state index contributed by atoms with van der Waals surface area (Å²) in [6.45, 7) is 4.72. The quantitative estimate of drug-likeness (QED) is 0.670. The molecule has 1 aromatic rings. The predicted octanol–water partition coefficient (Wildman–Crippen LogP) is 1.39. The second kappa shape index (κ2) is 5.39. The number of esters is 1. The van der Waals surface area contributed by atoms with Gasteiger partial charge in [0.2, 0.25) is 0 Å². The molecule has 0 atom stereocenters. The molecule has 0 aliphatic rings. The molecular weight excluding hydrogens is 186 g/mol. The number of oxazole rings is 1. The third kappa shape index (κ3) is 2.56. The van der Waals surface area contributed by atoms with E-state index in [0.29, 0.717) is 19.0 Å². The lowest BCUT2D eigenvalue weighted by Crippen LogP contribution is -2.08. The third-order valence-corrected chi connectivity index (χ3v) is 1.55. The van der Waals surface area contributed by atoms with Crippen LogP contribution in [0.2, 0.25) is 0 Å². The molecule has 1 rings (SSSR count). The summed E-state index contributed by atoms with van der Waals surface area (Å²) in [5.41, 5.74) is 0.195. The molecule has 78 valence electrons. The van der Waals surface area contributed by atoms with Gasteiger partial charge in [-0.25, -0.2) is 9.78 Å². The highest BCUT2D eigenvalue weighted by Crippen LogP contribution is 2.09. The lowest BCUT2D eigenvalue weighted by atomic mass is 10.3. The second-order valence-electron chi connectivity index (χ2n) is 2.48. The average Bonchev–Trinajstić information content (AvgIpc) is 2.63. The molecule has 1 heterocycles. The Kier molecular flexibility index (Phi) is 4.12. The van der Waals surface area contributed by atoms with E-state index in [1.165, 1.54) is 6.39 Å². The molecule has 5 heteroatoms. The molecule has 0 N–H and O–H groups in total. The van der Waals surface area contributed by atoms with Gasteiger partial charge < -0.3 is 13.9 Å². The predicted molar refractivity (Wildman–Crippen MR) is 47.8 cm³/mol. The number of carbonyl (C=O) groups excluding carboxylic acids is 1. The molecule has 0 saturated heterocycles. The minimum Gasteiger partial charge on any atom is -0.461 e. The lowest BCUT2D eigenvalue weighted by Gasteiger charge is -2.00. The number of nitrogens with zero attached hydrogens (tertiary/aromatic N) is 1. The van der Waals surface area contributed by atoms with Crippen LogP contribution in [0.5, 0.6) is 0 Å². The van der Waals surface area contributed by atoms with Crippen LogP contribution in [0, 0.1) is 0 Å². The maximum atomic E-state index is 11.3. The highest BCUT2D eigenvalue weighted by Gasteiger charge is 2.17. The largest absolute Gasteiger partial charge is 0.461 e. The fourth-order valence-corrected chi connectivity index (χ4v) is 0.934. The van der Waals surface area contributed by atoms with Gasteiger partial charge in [-0.15, -0.1) is 0 Å². The van der Waals surface area contributed by atoms with Crippen molar-refractivity contribution in [3.63, 3.8) is 0 Å². The topological polar surface area (TPSA) is 61.6 Å². The molecule has 0 fully saturated rings. The highest BCUT2D eigenvalue weighted by atomic mass is 16.5. The van der Waals surface area contributed by atoms with Gasteiger partial charge in [0.1, 0.15) is 6.61 Å². The Labute approximate surface area is 82.0 Å². The lowest BCUT2D eigenvalue weighted by molar-refractivity contribution is 0.0508. The van der Waals surface area contributed by atoms with E-state index in [-0.39, 0.29) is 12.3 Å². The molecule has 1 aromatic heterocycles. The Bertz CT molecular complexity index is 295. The molecule has 0 bridgehead atoms. The fraction of sp³-hybridized carbons (Fsp3) is 0.556. The second-order valence-corrected chi connectivity index (χ2v) is 2.48. The molecule has 0 saturated carbocycles. The SMILES string of the molecule is CCOCc1ocnc1C(=O)OCC. The monoisotopic (exact) mass is 199 g/mol. The standard InChI is InChI=1S/C9H13NO4/c1-3-12-5-7-8(10-6-14-7)9(11)13-4-2/h6H,3-5H2,1-2H3. The van der Waals surface area contributed by atoms with Crippen LogP contribution < -0.4 is 0 Å². The van der Waals surface area contributed by atoms with Gasteiger partial charge in [-0.2, -0.15) is 0 Å². The Balaban J connectivity index is 2.66. The van der Waals surface area contributed by atoms with Gasteiger partial charge in [-0.1, -0.05) is 0 Å². The summed E-state index contributed by atoms with van der Waals surface area (Å²) < 4.78 is 14.9. The average molecular weight is 199 g/mol. The maximum Gasteiger partial charge on any atom is 0.360 e. The Morgan fingerprint density at radius 3 is 2.93 bits per heavy atom. The van der Waals surface area contributed by atoms with Crippen molar-refractivity contribution in [2.75, 3.05) is 13.2 Å². The molecule has 0 aliphatic carbocycles. The molecule has 0 spiro atoms. The van der Waals surface area contributed by atoms with Crippen LogP contribution in [0.4, 0.5) is 0 Å². The summed E-state index contributed by atoms with van der Waals surface area (Å²) in [7, 11) is 0. The van der Waals surface area contributed by atoms with Gasteiger partial charge in [0, 0.05) is 6.61 Å². The van der Waals surface area contributed by atoms with Crippen LogP contribution in [-0.2, 0) is 16.1 Å². The summed E-state index contributed by atoms with van der Waals surface area (Å²) in [6, 6.07) is 0. The Morgan fingerprint density at radius 1 is 1.50 bits per heavy atom. The zero-order valence-electron chi connectivity index (χ0n) is 8.28. The molecule has 0 unspecified atom stereocenters. The number of hydrogen-bond donors (Lipinski definition) is 0. The highest BCUT2D eigenvalue weighted by molar-refractivity contribution is 5.88. The van der Waals surface area contributed by atoms with Gasteiger partial charge >= 0.3 is 5.97 Å². The van der Waals surface area contributed by atoms with Crippen molar-refractivity contribution < 1.29 is 18.7 Å². The van der Waals surface area contributed by atoms with Crippen LogP contribution in [0.1, 0.15) is 30.1 Å². The van der Waals surface area contributed by atoms with Crippen LogP contribution >= 0.6 is 0 Å². The number of aromatic nitrogens is 1. The summed E-state index contributed by atoms with van der Waals surface area (Å²) in [5, 5.41) is 0. The molecule has 0 radical (unpaired) electrons. The van der Waals surface area contributed by atoms with Crippen LogP contribution in [0.25, 0.3) is 0 Å². The number of carbonyl (C=O) groups is 1. The first-order valence-electron chi connectivity index (χ1n) is 4.46. The van der Waals surface area contributed by atoms with Crippen molar-refractivity contribution in [2.24, 2.45) is 0 Å². The van der Waals surface area contributed by atoms with Gasteiger partial charge in [0.05, 0.1) is 6.61 Å². The summed E-state index contributed by atoms with van der Waals surface area (Å²) >= 11 is 0. The van der Waals surface area contributed by atoms with E-state index in [4.69, 9.17) is 13.9 Å². The Morgan fingerprint density at radius 2 is 2.29 bits per heavy atom. The van der Waals surface area contributed by atoms with Crippen LogP contribution in [-0.4, -0.2) is 24.2 Å². The van der Waals surface area contributed by atoms with E-state index in [0.717, 1.165) is 0 Å². The van der Waals surface area contributed by atoms with Gasteiger partial charge in [0.25, 0.3) is 0 Å². The van der Waals surface area contributed by atoms with Crippen LogP contribution in [0.3, 0.4) is 0 Å². The molecule has 14 heavy (non-hydrogen) atoms. The minimum atomic E-state index is -0.476. The van der Waals surface area contributed by atoms with E-state index in [2.05, 4.69) is 4.98 Å². The first-order chi connectivity index (χ1) is 6.79. The Hall–Kier alpha value is -1.36. The molecular formula is C9H13NO4. The maximum absolute atomic E-state index is 11.3. The van der Waals surface area contributed by atoms with Crippen molar-refractivity contribution in [2.45, 2.75) is 20.5 Å². The third-order valence-electron chi connectivity index (χ3n) is 1.55. The van der Waals surface area contributed by atoms with Crippen LogP contribution in [0.15, 0.2) is 10.8 Å². The first-order valence-corrected chi connectivity index (χ1v) is 4.46. The van der Waals surface area contributed by atoms with Crippen molar-refractivity contribution in [1.82, 2.24) is 4.98 Å². The van der Waals surface area contributed by atoms with Crippen molar-refractivity contribution in [3.8, 4) is 0 Å². The molecule has 0 amide bonds. The number of ether oxygens (including phenoxy) is 2. The van der Waals surface area contributed by atoms with Gasteiger partial charge in [0.15, 0.2) is 17.8 Å². The smallest absolute Gasteiger partial charge is 0.360 e. The minimum absolute atomic E-state index is 0.195. The fourth-order valence-electron chi connectivity index (χ4n) is 0.934. The first kappa shape index (κ1) is 10.7. The van der Waals surface area contributed by atoms with Crippen molar-refractivity contribution in [3.05, 3.63) is 17.8 Å². The molecule has 0 aliphatic heterocycles. The summed E-state index contributed by atoms with van der Waals surface area (Å²) in [4.78, 5) is 15.1. The normalized spacial score (nSPS) is 10.1. The number of rotatable bonds is 5. The van der Waals surface area contributed by atoms with Crippen molar-refractivity contribution >= 4 is 5.97 Å². The zero-order valence-corrected chi connectivity index (χ0v) is 8.28. The van der Waals surface area contributed by atoms with E-state index in [9.17, 15) is 4.79 Å². The molecule has 5 nitrogen and oxygen atoms in total. The summed E-state index contributed by atoms with van der Waals surface area (Å²) in [6.07, 6.45) is 1.21. The van der Waals surface area contributed by atoms with E-state index in [1.54, 1.807) is 6.92 Å². The van der Waals surface area contributed by atoms with E-state index in [1.807, 2.05) is 6.92 Å². The van der Waals surface area contributed by atoms with E-state index < -0.39 is 5.97 Å².